The fourth-order valence-electron chi connectivity index (χ4n) is 7.05. The lowest BCUT2D eigenvalue weighted by Crippen LogP contribution is -2.40. The predicted octanol–water partition coefficient (Wildman–Crippen LogP) is 13.7. The SMILES string of the molecule is CCCCCCCCCCCC(=O)OCC(COC(=O)CCCCCCCCCCC)OC(=O)CCC(=O)O[C@](Cn1ccnc1)(OCc1ccc(Cl)cc1Cl)c1ccc(Cl)cc1Cl. The number of aromatic nitrogens is 2. The molecule has 0 bridgehead atoms. The maximum absolute atomic E-state index is 13.7. The standard InChI is InChI=1S/C49H68Cl4N2O9/c1-3-5-7-9-11-13-15-17-19-21-45(56)60-34-41(35-61-46(57)22-20-18-16-14-12-10-8-6-4-2)63-47(58)27-28-48(59)64-49(36-55-30-29-54-37-55,42-26-25-40(51)32-44(42)53)62-33-38-23-24-39(50)31-43(38)52/h23-26,29-32,37,41H,3-22,27-28,33-36H2,1-2H3/t49-/m0/s1. The Labute approximate surface area is 400 Å². The number of nitrogens with zero attached hydrogens (tertiary/aromatic N) is 2. The number of hydrogen-bond donors (Lipinski definition) is 0. The zero-order valence-corrected chi connectivity index (χ0v) is 40.8. The minimum absolute atomic E-state index is 0.0906. The Kier molecular flexibility index (Phi) is 27.8. The lowest BCUT2D eigenvalue weighted by Gasteiger charge is -2.35. The van der Waals surface area contributed by atoms with Gasteiger partial charge in [-0.3, -0.25) is 19.2 Å². The van der Waals surface area contributed by atoms with E-state index in [-0.39, 0.29) is 49.8 Å². The van der Waals surface area contributed by atoms with Crippen molar-refractivity contribution in [1.29, 1.82) is 0 Å². The van der Waals surface area contributed by atoms with Gasteiger partial charge < -0.3 is 28.3 Å². The van der Waals surface area contributed by atoms with Crippen LogP contribution in [0.15, 0.2) is 55.1 Å². The summed E-state index contributed by atoms with van der Waals surface area (Å²) in [4.78, 5) is 56.6. The molecule has 64 heavy (non-hydrogen) atoms. The van der Waals surface area contributed by atoms with Crippen molar-refractivity contribution in [3.05, 3.63) is 86.3 Å². The van der Waals surface area contributed by atoms with Gasteiger partial charge in [0.25, 0.3) is 5.79 Å². The fourth-order valence-corrected chi connectivity index (χ4v) is 8.07. The number of imidazole rings is 1. The zero-order chi connectivity index (χ0) is 46.4. The summed E-state index contributed by atoms with van der Waals surface area (Å²) in [6.45, 7) is 3.58. The van der Waals surface area contributed by atoms with Crippen LogP contribution in [0.1, 0.15) is 166 Å². The third-order valence-corrected chi connectivity index (χ3v) is 11.8. The van der Waals surface area contributed by atoms with Crippen molar-refractivity contribution in [1.82, 2.24) is 9.55 Å². The number of hydrogen-bond acceptors (Lipinski definition) is 10. The lowest BCUT2D eigenvalue weighted by atomic mass is 10.0. The molecule has 0 fully saturated rings. The van der Waals surface area contributed by atoms with E-state index in [4.69, 9.17) is 70.1 Å². The molecule has 11 nitrogen and oxygen atoms in total. The van der Waals surface area contributed by atoms with Crippen LogP contribution < -0.4 is 0 Å². The van der Waals surface area contributed by atoms with Crippen LogP contribution in [0.25, 0.3) is 0 Å². The number of unbranched alkanes of at least 4 members (excludes halogenated alkanes) is 16. The topological polar surface area (TPSA) is 132 Å². The molecule has 0 N–H and O–H groups in total. The highest BCUT2D eigenvalue weighted by Crippen LogP contribution is 2.38. The summed E-state index contributed by atoms with van der Waals surface area (Å²) in [5.41, 5.74) is 0.835. The first-order chi connectivity index (χ1) is 30.9. The van der Waals surface area contributed by atoms with Gasteiger partial charge in [-0.2, -0.15) is 0 Å². The summed E-state index contributed by atoms with van der Waals surface area (Å²) >= 11 is 25.6. The molecule has 0 aliphatic rings. The van der Waals surface area contributed by atoms with Crippen LogP contribution in [0.3, 0.4) is 0 Å². The van der Waals surface area contributed by atoms with E-state index in [0.717, 1.165) is 38.5 Å². The Morgan fingerprint density at radius 2 is 1.11 bits per heavy atom. The number of benzene rings is 2. The molecule has 1 atom stereocenters. The van der Waals surface area contributed by atoms with Gasteiger partial charge in [-0.25, -0.2) is 4.98 Å². The first kappa shape index (κ1) is 55.0. The summed E-state index contributed by atoms with van der Waals surface area (Å²) in [6.07, 6.45) is 23.2. The van der Waals surface area contributed by atoms with Crippen molar-refractivity contribution >= 4 is 70.3 Å². The van der Waals surface area contributed by atoms with E-state index in [9.17, 15) is 19.2 Å². The highest BCUT2D eigenvalue weighted by atomic mass is 35.5. The van der Waals surface area contributed by atoms with E-state index in [1.54, 1.807) is 47.3 Å². The minimum atomic E-state index is -1.86. The average molecular weight is 971 g/mol. The molecule has 1 heterocycles. The summed E-state index contributed by atoms with van der Waals surface area (Å²) < 4.78 is 30.9. The van der Waals surface area contributed by atoms with Crippen molar-refractivity contribution in [3.8, 4) is 0 Å². The van der Waals surface area contributed by atoms with Crippen LogP contribution in [-0.2, 0) is 61.8 Å². The Balaban J connectivity index is 1.64. The van der Waals surface area contributed by atoms with Crippen LogP contribution >= 0.6 is 46.4 Å². The molecular weight excluding hydrogens is 902 g/mol. The van der Waals surface area contributed by atoms with E-state index < -0.39 is 48.6 Å². The van der Waals surface area contributed by atoms with E-state index in [2.05, 4.69) is 18.8 Å². The molecule has 1 aromatic heterocycles. The normalized spacial score (nSPS) is 12.2. The molecule has 3 aromatic rings. The van der Waals surface area contributed by atoms with E-state index in [1.165, 1.54) is 76.6 Å². The maximum atomic E-state index is 13.7. The zero-order valence-electron chi connectivity index (χ0n) is 37.7. The first-order valence-corrected chi connectivity index (χ1v) is 24.7. The predicted molar refractivity (Wildman–Crippen MR) is 252 cm³/mol. The Morgan fingerprint density at radius 1 is 0.609 bits per heavy atom. The van der Waals surface area contributed by atoms with Gasteiger partial charge in [0.05, 0.1) is 37.3 Å². The third-order valence-electron chi connectivity index (χ3n) is 10.7. The highest BCUT2D eigenvalue weighted by Gasteiger charge is 2.41. The molecule has 0 amide bonds. The van der Waals surface area contributed by atoms with Gasteiger partial charge in [0, 0.05) is 45.9 Å². The largest absolute Gasteiger partial charge is 0.462 e. The van der Waals surface area contributed by atoms with Crippen molar-refractivity contribution in [3.63, 3.8) is 0 Å². The molecule has 0 saturated heterocycles. The molecule has 2 aromatic carbocycles. The van der Waals surface area contributed by atoms with Gasteiger partial charge >= 0.3 is 23.9 Å². The Hall–Kier alpha value is -3.35. The Morgan fingerprint density at radius 3 is 1.61 bits per heavy atom. The second kappa shape index (κ2) is 32.3. The van der Waals surface area contributed by atoms with Crippen molar-refractivity contribution < 1.29 is 42.9 Å². The monoisotopic (exact) mass is 968 g/mol. The van der Waals surface area contributed by atoms with Gasteiger partial charge in [-0.05, 0) is 48.7 Å². The third kappa shape index (κ3) is 22.7. The summed E-state index contributed by atoms with van der Waals surface area (Å²) in [5, 5.41) is 1.26. The highest BCUT2D eigenvalue weighted by molar-refractivity contribution is 6.35. The van der Waals surface area contributed by atoms with E-state index in [0.29, 0.717) is 33.5 Å². The Bertz CT molecular complexity index is 1770. The first-order valence-electron chi connectivity index (χ1n) is 23.2. The van der Waals surface area contributed by atoms with Gasteiger partial charge in [-0.15, -0.1) is 0 Å². The summed E-state index contributed by atoms with van der Waals surface area (Å²) in [5.74, 6) is -4.32. The van der Waals surface area contributed by atoms with Crippen LogP contribution in [0, 0.1) is 0 Å². The molecule has 0 radical (unpaired) electrons. The van der Waals surface area contributed by atoms with E-state index in [1.807, 2.05) is 0 Å². The van der Waals surface area contributed by atoms with Gasteiger partial charge in [-0.1, -0.05) is 169 Å². The molecule has 0 unspecified atom stereocenters. The van der Waals surface area contributed by atoms with Gasteiger partial charge in [0.2, 0.25) is 0 Å². The lowest BCUT2D eigenvalue weighted by molar-refractivity contribution is -0.252. The van der Waals surface area contributed by atoms with Crippen LogP contribution in [0.5, 0.6) is 0 Å². The average Bonchev–Trinajstić information content (AvgIpc) is 3.78. The minimum Gasteiger partial charge on any atom is -0.462 e. The van der Waals surface area contributed by atoms with Crippen molar-refractivity contribution in [2.75, 3.05) is 13.2 Å². The van der Waals surface area contributed by atoms with Crippen molar-refractivity contribution in [2.45, 2.75) is 180 Å². The number of ether oxygens (including phenoxy) is 5. The summed E-state index contributed by atoms with van der Waals surface area (Å²) in [6, 6.07) is 9.58. The maximum Gasteiger partial charge on any atom is 0.309 e. The van der Waals surface area contributed by atoms with Gasteiger partial charge in [0.1, 0.15) is 13.2 Å². The van der Waals surface area contributed by atoms with Crippen LogP contribution in [0.4, 0.5) is 0 Å². The molecule has 15 heteroatoms. The molecule has 0 aliphatic heterocycles. The smallest absolute Gasteiger partial charge is 0.309 e. The molecular formula is C49H68Cl4N2O9. The number of halogens is 4. The van der Waals surface area contributed by atoms with E-state index >= 15 is 0 Å². The molecule has 3 rings (SSSR count). The number of rotatable bonds is 35. The number of carbonyl (C=O) groups is 4. The second-order valence-corrected chi connectivity index (χ2v) is 17.9. The second-order valence-electron chi connectivity index (χ2n) is 16.2. The quantitative estimate of drug-likeness (QED) is 0.0243. The van der Waals surface area contributed by atoms with Crippen LogP contribution in [0.2, 0.25) is 20.1 Å². The molecule has 356 valence electrons. The number of carbonyl (C=O) groups excluding carboxylic acids is 4. The molecule has 0 aliphatic carbocycles. The fraction of sp³-hybridized carbons (Fsp3) is 0.612. The van der Waals surface area contributed by atoms with Gasteiger partial charge in [0.15, 0.2) is 6.10 Å². The van der Waals surface area contributed by atoms with Crippen molar-refractivity contribution in [2.24, 2.45) is 0 Å². The van der Waals surface area contributed by atoms with Crippen LogP contribution in [-0.4, -0.2) is 52.7 Å². The molecule has 0 spiro atoms. The number of esters is 4. The summed E-state index contributed by atoms with van der Waals surface area (Å²) in [7, 11) is 0. The molecule has 0 saturated carbocycles.